The van der Waals surface area contributed by atoms with Crippen LogP contribution in [-0.2, 0) is 16.6 Å². The van der Waals surface area contributed by atoms with Gasteiger partial charge in [0, 0.05) is 42.2 Å². The largest absolute Gasteiger partial charge is 0.497 e. The molecule has 0 saturated carbocycles. The minimum Gasteiger partial charge on any atom is -0.497 e. The SMILES string of the molecule is COc1ccc(CN(c2nccs2)S(=O)(=O)c2c(F)cc(OC3CCCCN3C(=O)O)c(Cl)c2F)c(OC)c1. The first-order valence-corrected chi connectivity index (χ1v) is 14.2. The number of methoxy groups -OCH3 is 2. The minimum absolute atomic E-state index is 0.0533. The third kappa shape index (κ3) is 5.82. The number of nitrogens with zero attached hydrogens (tertiary/aromatic N) is 3. The normalized spacial score (nSPS) is 15.6. The van der Waals surface area contributed by atoms with E-state index in [1.807, 2.05) is 0 Å². The fraction of sp³-hybridized carbons (Fsp3) is 0.333. The van der Waals surface area contributed by atoms with Crippen molar-refractivity contribution < 1.29 is 41.3 Å². The van der Waals surface area contributed by atoms with Gasteiger partial charge in [0.25, 0.3) is 10.0 Å². The number of carbonyl (C=O) groups is 1. The van der Waals surface area contributed by atoms with Crippen LogP contribution in [0.15, 0.2) is 40.7 Å². The van der Waals surface area contributed by atoms with E-state index in [1.54, 1.807) is 12.1 Å². The van der Waals surface area contributed by atoms with Crippen LogP contribution in [0.25, 0.3) is 0 Å². The zero-order chi connectivity index (χ0) is 28.3. The molecule has 2 aromatic carbocycles. The Morgan fingerprint density at radius 3 is 2.64 bits per heavy atom. The van der Waals surface area contributed by atoms with Gasteiger partial charge >= 0.3 is 6.09 Å². The van der Waals surface area contributed by atoms with Gasteiger partial charge in [-0.3, -0.25) is 4.90 Å². The Bertz CT molecular complexity index is 1460. The second kappa shape index (κ2) is 11.8. The number of hydrogen-bond donors (Lipinski definition) is 1. The van der Waals surface area contributed by atoms with E-state index < -0.39 is 49.6 Å². The number of hydrogen-bond acceptors (Lipinski definition) is 8. The molecule has 1 aliphatic heterocycles. The van der Waals surface area contributed by atoms with Crippen molar-refractivity contribution in [3.63, 3.8) is 0 Å². The van der Waals surface area contributed by atoms with Crippen molar-refractivity contribution in [2.75, 3.05) is 25.1 Å². The van der Waals surface area contributed by atoms with Gasteiger partial charge in [0.1, 0.15) is 22.3 Å². The molecule has 10 nitrogen and oxygen atoms in total. The second-order valence-electron chi connectivity index (χ2n) is 8.36. The lowest BCUT2D eigenvalue weighted by atomic mass is 10.1. The van der Waals surface area contributed by atoms with E-state index in [2.05, 4.69) is 4.98 Å². The van der Waals surface area contributed by atoms with Crippen LogP contribution in [0, 0.1) is 11.6 Å². The standard InChI is InChI=1S/C24H24ClF2N3O7S2/c1-35-15-7-6-14(17(11-15)36-2)13-30(23-28-8-10-38-23)39(33,34)22-16(26)12-18(20(25)21(22)27)37-19-5-3-4-9-29(19)24(31)32/h6-8,10-12,19H,3-5,9,13H2,1-2H3,(H,31,32). The maximum atomic E-state index is 15.6. The summed E-state index contributed by atoms with van der Waals surface area (Å²) in [6.45, 7) is -0.208. The molecule has 1 aliphatic rings. The maximum absolute atomic E-state index is 15.6. The van der Waals surface area contributed by atoms with Crippen molar-refractivity contribution in [3.8, 4) is 17.2 Å². The third-order valence-electron chi connectivity index (χ3n) is 6.03. The Labute approximate surface area is 232 Å². The summed E-state index contributed by atoms with van der Waals surface area (Å²) >= 11 is 7.08. The molecule has 1 saturated heterocycles. The van der Waals surface area contributed by atoms with E-state index >= 15 is 8.78 Å². The Morgan fingerprint density at radius 1 is 1.23 bits per heavy atom. The molecule has 2 heterocycles. The number of anilines is 1. The number of piperidine rings is 1. The fourth-order valence-electron chi connectivity index (χ4n) is 4.11. The number of carboxylic acid groups (broad SMARTS) is 1. The first kappa shape index (κ1) is 28.6. The number of thiazole rings is 1. The quantitative estimate of drug-likeness (QED) is 0.325. The molecule has 0 spiro atoms. The summed E-state index contributed by atoms with van der Waals surface area (Å²) in [7, 11) is -2.08. The van der Waals surface area contributed by atoms with Gasteiger partial charge < -0.3 is 19.3 Å². The highest BCUT2D eigenvalue weighted by Crippen LogP contribution is 2.39. The third-order valence-corrected chi connectivity index (χ3v) is 9.06. The second-order valence-corrected chi connectivity index (χ2v) is 11.4. The first-order valence-electron chi connectivity index (χ1n) is 11.5. The first-order chi connectivity index (χ1) is 18.6. The molecule has 39 heavy (non-hydrogen) atoms. The van der Waals surface area contributed by atoms with Crippen molar-refractivity contribution in [2.45, 2.75) is 36.9 Å². The number of amides is 1. The number of benzene rings is 2. The van der Waals surface area contributed by atoms with Crippen molar-refractivity contribution in [3.05, 3.63) is 58.1 Å². The summed E-state index contributed by atoms with van der Waals surface area (Å²) in [5.74, 6) is -2.82. The van der Waals surface area contributed by atoms with Crippen LogP contribution in [0.4, 0.5) is 18.7 Å². The summed E-state index contributed by atoms with van der Waals surface area (Å²) in [4.78, 5) is 15.3. The van der Waals surface area contributed by atoms with Crippen LogP contribution in [0.1, 0.15) is 24.8 Å². The number of rotatable bonds is 9. The summed E-state index contributed by atoms with van der Waals surface area (Å²) < 4.78 is 75.3. The Balaban J connectivity index is 1.74. The molecule has 4 rings (SSSR count). The van der Waals surface area contributed by atoms with E-state index in [4.69, 9.17) is 25.8 Å². The van der Waals surface area contributed by atoms with Crippen LogP contribution in [-0.4, -0.2) is 56.5 Å². The molecule has 0 bridgehead atoms. The predicted octanol–water partition coefficient (Wildman–Crippen LogP) is 5.36. The lowest BCUT2D eigenvalue weighted by Gasteiger charge is -2.33. The van der Waals surface area contributed by atoms with E-state index in [-0.39, 0.29) is 30.4 Å². The molecular formula is C24H24ClF2N3O7S2. The van der Waals surface area contributed by atoms with Crippen LogP contribution >= 0.6 is 22.9 Å². The van der Waals surface area contributed by atoms with E-state index in [9.17, 15) is 18.3 Å². The van der Waals surface area contributed by atoms with Gasteiger partial charge in [0.2, 0.25) is 0 Å². The average molecular weight is 604 g/mol. The molecule has 1 N–H and O–H groups in total. The summed E-state index contributed by atoms with van der Waals surface area (Å²) in [6.07, 6.45) is 0.552. The smallest absolute Gasteiger partial charge is 0.410 e. The van der Waals surface area contributed by atoms with E-state index in [1.165, 1.54) is 31.9 Å². The van der Waals surface area contributed by atoms with Gasteiger partial charge in [-0.15, -0.1) is 11.3 Å². The molecule has 0 aliphatic carbocycles. The topological polar surface area (TPSA) is 118 Å². The van der Waals surface area contributed by atoms with Crippen LogP contribution < -0.4 is 18.5 Å². The van der Waals surface area contributed by atoms with Gasteiger partial charge in [-0.1, -0.05) is 11.6 Å². The molecule has 210 valence electrons. The number of halogens is 3. The summed E-state index contributed by atoms with van der Waals surface area (Å²) in [6, 6.07) is 5.32. The summed E-state index contributed by atoms with van der Waals surface area (Å²) in [5.41, 5.74) is 0.370. The lowest BCUT2D eigenvalue weighted by molar-refractivity contribution is 0.00567. The monoisotopic (exact) mass is 603 g/mol. The zero-order valence-electron chi connectivity index (χ0n) is 20.8. The van der Waals surface area contributed by atoms with Crippen LogP contribution in [0.5, 0.6) is 17.2 Å². The summed E-state index contributed by atoms with van der Waals surface area (Å²) in [5, 5.41) is 10.1. The number of ether oxygens (including phenoxy) is 3. The van der Waals surface area contributed by atoms with Crippen LogP contribution in [0.2, 0.25) is 5.02 Å². The van der Waals surface area contributed by atoms with Gasteiger partial charge in [-0.2, -0.15) is 0 Å². The highest BCUT2D eigenvalue weighted by Gasteiger charge is 2.37. The lowest BCUT2D eigenvalue weighted by Crippen LogP contribution is -2.46. The molecule has 1 aromatic heterocycles. The highest BCUT2D eigenvalue weighted by atomic mass is 35.5. The Morgan fingerprint density at radius 2 is 2.00 bits per heavy atom. The van der Waals surface area contributed by atoms with Crippen molar-refractivity contribution in [2.24, 2.45) is 0 Å². The van der Waals surface area contributed by atoms with Crippen molar-refractivity contribution >= 4 is 44.2 Å². The highest BCUT2D eigenvalue weighted by molar-refractivity contribution is 7.93. The molecule has 1 atom stereocenters. The van der Waals surface area contributed by atoms with E-state index in [0.29, 0.717) is 30.2 Å². The number of likely N-dealkylation sites (tertiary alicyclic amines) is 1. The zero-order valence-corrected chi connectivity index (χ0v) is 23.2. The maximum Gasteiger partial charge on any atom is 0.410 e. The Hall–Kier alpha value is -3.36. The molecule has 1 amide bonds. The van der Waals surface area contributed by atoms with Gasteiger partial charge in [-0.25, -0.2) is 31.3 Å². The molecule has 3 aromatic rings. The van der Waals surface area contributed by atoms with Crippen LogP contribution in [0.3, 0.4) is 0 Å². The van der Waals surface area contributed by atoms with Crippen molar-refractivity contribution in [1.82, 2.24) is 9.88 Å². The van der Waals surface area contributed by atoms with Gasteiger partial charge in [0.05, 0.1) is 20.8 Å². The Kier molecular flexibility index (Phi) is 8.67. The average Bonchev–Trinajstić information content (AvgIpc) is 3.44. The molecule has 1 unspecified atom stereocenters. The molecule has 0 radical (unpaired) electrons. The predicted molar refractivity (Wildman–Crippen MR) is 139 cm³/mol. The number of sulfonamides is 1. The molecule has 1 fully saturated rings. The molecule has 15 heteroatoms. The fourth-order valence-corrected chi connectivity index (χ4v) is 6.75. The van der Waals surface area contributed by atoms with E-state index in [0.717, 1.165) is 20.5 Å². The number of aromatic nitrogens is 1. The van der Waals surface area contributed by atoms with Gasteiger partial charge in [-0.05, 0) is 25.0 Å². The minimum atomic E-state index is -4.92. The van der Waals surface area contributed by atoms with Crippen molar-refractivity contribution in [1.29, 1.82) is 0 Å². The van der Waals surface area contributed by atoms with Gasteiger partial charge in [0.15, 0.2) is 27.9 Å². The molecular weight excluding hydrogens is 580 g/mol.